The van der Waals surface area contributed by atoms with Gasteiger partial charge >= 0.3 is 6.92 Å². The number of halogens is 1. The van der Waals surface area contributed by atoms with Gasteiger partial charge in [-0.05, 0) is 34.7 Å². The van der Waals surface area contributed by atoms with Crippen molar-refractivity contribution in [2.24, 2.45) is 0 Å². The highest BCUT2D eigenvalue weighted by Gasteiger charge is 2.30. The molecule has 74 valence electrons. The van der Waals surface area contributed by atoms with E-state index in [0.29, 0.717) is 6.61 Å². The lowest BCUT2D eigenvalue weighted by Gasteiger charge is -2.02. The predicted octanol–water partition coefficient (Wildman–Crippen LogP) is 1.05. The van der Waals surface area contributed by atoms with Gasteiger partial charge in [0, 0.05) is 0 Å². The SMILES string of the molecule is Fc1ccc2c(c1)COB2c1ccoc1. The molecule has 0 N–H and O–H groups in total. The standard InChI is InChI=1S/C11H8BFO2/c13-10-1-2-11-8(5-10)6-15-12(11)9-3-4-14-7-9/h1-5,7H,6H2. The fourth-order valence-electron chi connectivity index (χ4n) is 1.92. The molecule has 0 fully saturated rings. The van der Waals surface area contributed by atoms with Gasteiger partial charge in [0.2, 0.25) is 0 Å². The summed E-state index contributed by atoms with van der Waals surface area (Å²) in [5.74, 6) is -0.217. The largest absolute Gasteiger partial charge is 0.473 e. The van der Waals surface area contributed by atoms with E-state index in [1.807, 2.05) is 6.07 Å². The molecule has 0 spiro atoms. The summed E-state index contributed by atoms with van der Waals surface area (Å²) in [7, 11) is 0. The Morgan fingerprint density at radius 1 is 1.27 bits per heavy atom. The summed E-state index contributed by atoms with van der Waals surface area (Å²) < 4.78 is 23.6. The molecule has 15 heavy (non-hydrogen) atoms. The molecule has 1 aromatic heterocycles. The van der Waals surface area contributed by atoms with Crippen molar-refractivity contribution >= 4 is 17.8 Å². The maximum Gasteiger partial charge on any atom is 0.365 e. The predicted molar refractivity (Wildman–Crippen MR) is 54.9 cm³/mol. The van der Waals surface area contributed by atoms with Gasteiger partial charge in [-0.2, -0.15) is 0 Å². The van der Waals surface area contributed by atoms with Crippen LogP contribution < -0.4 is 10.9 Å². The highest BCUT2D eigenvalue weighted by atomic mass is 19.1. The average molecular weight is 202 g/mol. The van der Waals surface area contributed by atoms with Crippen molar-refractivity contribution in [2.75, 3.05) is 0 Å². The lowest BCUT2D eigenvalue weighted by molar-refractivity contribution is 0.336. The van der Waals surface area contributed by atoms with E-state index in [1.54, 1.807) is 18.6 Å². The number of hydrogen-bond acceptors (Lipinski definition) is 2. The minimum absolute atomic E-state index is 0.112. The van der Waals surface area contributed by atoms with Gasteiger partial charge in [0.25, 0.3) is 0 Å². The van der Waals surface area contributed by atoms with Crippen molar-refractivity contribution in [3.63, 3.8) is 0 Å². The maximum atomic E-state index is 13.0. The molecule has 0 atom stereocenters. The molecule has 2 aromatic rings. The van der Waals surface area contributed by atoms with E-state index >= 15 is 0 Å². The average Bonchev–Trinajstić information content (AvgIpc) is 2.82. The topological polar surface area (TPSA) is 22.4 Å². The normalized spacial score (nSPS) is 14.3. The van der Waals surface area contributed by atoms with Gasteiger partial charge in [0.05, 0.1) is 19.1 Å². The first kappa shape index (κ1) is 8.74. The van der Waals surface area contributed by atoms with E-state index in [-0.39, 0.29) is 12.7 Å². The summed E-state index contributed by atoms with van der Waals surface area (Å²) >= 11 is 0. The minimum atomic E-state index is -0.217. The van der Waals surface area contributed by atoms with Crippen molar-refractivity contribution in [3.05, 3.63) is 48.2 Å². The van der Waals surface area contributed by atoms with Crippen LogP contribution in [-0.2, 0) is 11.3 Å². The highest BCUT2D eigenvalue weighted by molar-refractivity contribution is 6.81. The van der Waals surface area contributed by atoms with Crippen LogP contribution in [0, 0.1) is 5.82 Å². The first-order chi connectivity index (χ1) is 7.34. The van der Waals surface area contributed by atoms with Gasteiger partial charge in [-0.3, -0.25) is 0 Å². The second-order valence-corrected chi connectivity index (χ2v) is 3.59. The summed E-state index contributed by atoms with van der Waals surface area (Å²) in [4.78, 5) is 0. The Kier molecular flexibility index (Phi) is 1.89. The minimum Gasteiger partial charge on any atom is -0.473 e. The zero-order valence-electron chi connectivity index (χ0n) is 7.94. The fraction of sp³-hybridized carbons (Fsp3) is 0.0909. The summed E-state index contributed by atoms with van der Waals surface area (Å²) in [6, 6.07) is 6.62. The number of hydrogen-bond donors (Lipinski definition) is 0. The second-order valence-electron chi connectivity index (χ2n) is 3.59. The third kappa shape index (κ3) is 1.38. The van der Waals surface area contributed by atoms with E-state index in [4.69, 9.17) is 9.07 Å². The summed E-state index contributed by atoms with van der Waals surface area (Å²) in [5.41, 5.74) is 2.92. The highest BCUT2D eigenvalue weighted by Crippen LogP contribution is 2.12. The lowest BCUT2D eigenvalue weighted by Crippen LogP contribution is -2.40. The van der Waals surface area contributed by atoms with E-state index in [0.717, 1.165) is 16.5 Å². The zero-order valence-corrected chi connectivity index (χ0v) is 7.94. The van der Waals surface area contributed by atoms with E-state index in [2.05, 4.69) is 0 Å². The number of furan rings is 1. The molecule has 0 saturated heterocycles. The van der Waals surface area contributed by atoms with Crippen LogP contribution in [0.15, 0.2) is 41.2 Å². The van der Waals surface area contributed by atoms with Crippen molar-refractivity contribution < 1.29 is 13.5 Å². The van der Waals surface area contributed by atoms with Gasteiger partial charge in [-0.15, -0.1) is 0 Å². The molecule has 0 saturated carbocycles. The molecule has 2 heterocycles. The van der Waals surface area contributed by atoms with Crippen LogP contribution in [0.25, 0.3) is 0 Å². The van der Waals surface area contributed by atoms with E-state index in [9.17, 15) is 4.39 Å². The fourth-order valence-corrected chi connectivity index (χ4v) is 1.92. The molecule has 3 rings (SSSR count). The van der Waals surface area contributed by atoms with Crippen LogP contribution in [0.1, 0.15) is 5.56 Å². The Hall–Kier alpha value is -1.55. The van der Waals surface area contributed by atoms with Gasteiger partial charge in [0.1, 0.15) is 5.82 Å². The first-order valence-corrected chi connectivity index (χ1v) is 4.76. The Morgan fingerprint density at radius 3 is 3.00 bits per heavy atom. The van der Waals surface area contributed by atoms with Gasteiger partial charge < -0.3 is 9.07 Å². The Labute approximate surface area is 86.8 Å². The van der Waals surface area contributed by atoms with Crippen LogP contribution in [0.5, 0.6) is 0 Å². The van der Waals surface area contributed by atoms with Crippen LogP contribution in [0.3, 0.4) is 0 Å². The first-order valence-electron chi connectivity index (χ1n) is 4.76. The molecule has 2 nitrogen and oxygen atoms in total. The molecule has 0 aliphatic carbocycles. The molecule has 1 aliphatic heterocycles. The quantitative estimate of drug-likeness (QED) is 0.645. The number of fused-ring (bicyclic) bond motifs is 1. The van der Waals surface area contributed by atoms with Crippen LogP contribution in [-0.4, -0.2) is 6.92 Å². The van der Waals surface area contributed by atoms with Crippen molar-refractivity contribution in [2.45, 2.75) is 6.61 Å². The third-order valence-corrected chi connectivity index (χ3v) is 2.64. The molecule has 1 aliphatic rings. The Bertz CT molecular complexity index is 481. The van der Waals surface area contributed by atoms with Crippen molar-refractivity contribution in [3.8, 4) is 0 Å². The van der Waals surface area contributed by atoms with Crippen molar-refractivity contribution in [1.29, 1.82) is 0 Å². The lowest BCUT2D eigenvalue weighted by atomic mass is 9.57. The summed E-state index contributed by atoms with van der Waals surface area (Å²) in [6.07, 6.45) is 3.27. The monoisotopic (exact) mass is 202 g/mol. The van der Waals surface area contributed by atoms with E-state index < -0.39 is 0 Å². The van der Waals surface area contributed by atoms with Crippen molar-refractivity contribution in [1.82, 2.24) is 0 Å². The molecule has 0 amide bonds. The zero-order chi connectivity index (χ0) is 10.3. The second kappa shape index (κ2) is 3.24. The molecule has 1 aromatic carbocycles. The summed E-state index contributed by atoms with van der Waals surface area (Å²) in [5, 5.41) is 0. The Morgan fingerprint density at radius 2 is 2.20 bits per heavy atom. The molecule has 0 bridgehead atoms. The van der Waals surface area contributed by atoms with Crippen LogP contribution >= 0.6 is 0 Å². The van der Waals surface area contributed by atoms with Gasteiger partial charge in [-0.25, -0.2) is 4.39 Å². The molecule has 0 unspecified atom stereocenters. The number of benzene rings is 1. The maximum absolute atomic E-state index is 13.0. The molecular weight excluding hydrogens is 194 g/mol. The van der Waals surface area contributed by atoms with Crippen LogP contribution in [0.2, 0.25) is 0 Å². The van der Waals surface area contributed by atoms with Gasteiger partial charge in [0.15, 0.2) is 0 Å². The molecular formula is C11H8BFO2. The number of rotatable bonds is 1. The Balaban J connectivity index is 2.05. The van der Waals surface area contributed by atoms with Crippen LogP contribution in [0.4, 0.5) is 4.39 Å². The molecule has 4 heteroatoms. The summed E-state index contributed by atoms with van der Waals surface area (Å²) in [6.45, 7) is 0.350. The smallest absolute Gasteiger partial charge is 0.365 e. The van der Waals surface area contributed by atoms with E-state index in [1.165, 1.54) is 12.1 Å². The van der Waals surface area contributed by atoms with Gasteiger partial charge in [-0.1, -0.05) is 6.07 Å². The third-order valence-electron chi connectivity index (χ3n) is 2.64. The molecule has 0 radical (unpaired) electrons.